The normalized spacial score (nSPS) is 17.3. The van der Waals surface area contributed by atoms with E-state index in [-0.39, 0.29) is 0 Å². The second-order valence-corrected chi connectivity index (χ2v) is 3.95. The van der Waals surface area contributed by atoms with E-state index in [0.717, 1.165) is 26.1 Å². The lowest BCUT2D eigenvalue weighted by Gasteiger charge is -2.21. The molecule has 0 aromatic rings. The monoisotopic (exact) mass is 215 g/mol. The molecule has 1 fully saturated rings. The summed E-state index contributed by atoms with van der Waals surface area (Å²) in [5, 5.41) is 11.4. The maximum Gasteiger partial charge on any atom is 0.140 e. The van der Waals surface area contributed by atoms with E-state index in [1.165, 1.54) is 12.8 Å². The summed E-state index contributed by atoms with van der Waals surface area (Å²) in [6, 6.07) is 0.716. The molecule has 0 heterocycles. The van der Waals surface area contributed by atoms with Gasteiger partial charge in [-0.25, -0.2) is 0 Å². The molecule has 0 radical (unpaired) electrons. The lowest BCUT2D eigenvalue weighted by molar-refractivity contribution is 0.170. The van der Waals surface area contributed by atoms with Crippen LogP contribution in [0.3, 0.4) is 0 Å². The minimum atomic E-state index is 0.312. The molecule has 15 heavy (non-hydrogen) atoms. The van der Waals surface area contributed by atoms with Gasteiger partial charge in [-0.1, -0.05) is 5.16 Å². The third-order valence-electron chi connectivity index (χ3n) is 2.64. The van der Waals surface area contributed by atoms with Crippen molar-refractivity contribution in [1.29, 1.82) is 0 Å². The van der Waals surface area contributed by atoms with Gasteiger partial charge in [-0.2, -0.15) is 0 Å². The van der Waals surface area contributed by atoms with Gasteiger partial charge in [0.1, 0.15) is 5.84 Å². The Hall–Kier alpha value is -0.810. The highest BCUT2D eigenvalue weighted by molar-refractivity contribution is 5.79. The summed E-state index contributed by atoms with van der Waals surface area (Å²) in [7, 11) is 1.72. The fourth-order valence-electron chi connectivity index (χ4n) is 1.64. The van der Waals surface area contributed by atoms with Crippen LogP contribution in [0.15, 0.2) is 5.16 Å². The molecule has 0 aliphatic heterocycles. The minimum absolute atomic E-state index is 0.312. The smallest absolute Gasteiger partial charge is 0.140 e. The van der Waals surface area contributed by atoms with Crippen molar-refractivity contribution in [2.24, 2.45) is 10.9 Å². The Kier molecular flexibility index (Phi) is 5.42. The minimum Gasteiger partial charge on any atom is -0.409 e. The van der Waals surface area contributed by atoms with E-state index in [1.54, 1.807) is 7.11 Å². The highest BCUT2D eigenvalue weighted by Crippen LogP contribution is 2.26. The average Bonchev–Trinajstić information content (AvgIpc) is 3.06. The van der Waals surface area contributed by atoms with Crippen LogP contribution in [0.4, 0.5) is 0 Å². The van der Waals surface area contributed by atoms with Gasteiger partial charge in [-0.3, -0.25) is 4.90 Å². The first-order chi connectivity index (χ1) is 7.27. The van der Waals surface area contributed by atoms with E-state index in [4.69, 9.17) is 15.7 Å². The van der Waals surface area contributed by atoms with Crippen LogP contribution in [0, 0.1) is 0 Å². The predicted octanol–water partition coefficient (Wildman–Crippen LogP) is 0.624. The summed E-state index contributed by atoms with van der Waals surface area (Å²) in [5.74, 6) is 0.312. The number of nitrogens with two attached hydrogens (primary N) is 1. The van der Waals surface area contributed by atoms with E-state index < -0.39 is 0 Å². The Bertz CT molecular complexity index is 205. The zero-order chi connectivity index (χ0) is 11.1. The average molecular weight is 215 g/mol. The molecule has 0 saturated heterocycles. The Morgan fingerprint density at radius 1 is 1.53 bits per heavy atom. The quantitative estimate of drug-likeness (QED) is 0.205. The Morgan fingerprint density at radius 3 is 2.80 bits per heavy atom. The van der Waals surface area contributed by atoms with Crippen molar-refractivity contribution >= 4 is 5.84 Å². The SMILES string of the molecule is COCCCN(CCC(N)=NO)C1CC1. The summed E-state index contributed by atoms with van der Waals surface area (Å²) >= 11 is 0. The summed E-state index contributed by atoms with van der Waals surface area (Å²) in [4.78, 5) is 2.40. The maximum atomic E-state index is 8.44. The second-order valence-electron chi connectivity index (χ2n) is 3.95. The maximum absolute atomic E-state index is 8.44. The van der Waals surface area contributed by atoms with E-state index in [1.807, 2.05) is 0 Å². The van der Waals surface area contributed by atoms with Gasteiger partial charge in [0.05, 0.1) is 0 Å². The molecule has 1 aliphatic rings. The van der Waals surface area contributed by atoms with Crippen LogP contribution in [-0.2, 0) is 4.74 Å². The van der Waals surface area contributed by atoms with Gasteiger partial charge < -0.3 is 15.7 Å². The molecule has 0 aromatic carbocycles. The summed E-state index contributed by atoms with van der Waals surface area (Å²) in [6.45, 7) is 2.72. The van der Waals surface area contributed by atoms with E-state index in [0.29, 0.717) is 18.3 Å². The van der Waals surface area contributed by atoms with Crippen LogP contribution in [0.2, 0.25) is 0 Å². The van der Waals surface area contributed by atoms with Crippen LogP contribution >= 0.6 is 0 Å². The molecular formula is C10H21N3O2. The number of nitrogens with zero attached hydrogens (tertiary/aromatic N) is 2. The number of ether oxygens (including phenoxy) is 1. The first-order valence-electron chi connectivity index (χ1n) is 5.47. The van der Waals surface area contributed by atoms with Gasteiger partial charge in [0.25, 0.3) is 0 Å². The first kappa shape index (κ1) is 12.3. The molecule has 0 amide bonds. The Labute approximate surface area is 90.9 Å². The molecule has 3 N–H and O–H groups in total. The zero-order valence-electron chi connectivity index (χ0n) is 9.35. The van der Waals surface area contributed by atoms with Gasteiger partial charge in [-0.05, 0) is 19.3 Å². The van der Waals surface area contributed by atoms with Crippen molar-refractivity contribution in [3.05, 3.63) is 0 Å². The van der Waals surface area contributed by atoms with Crippen LogP contribution in [0.25, 0.3) is 0 Å². The fraction of sp³-hybridized carbons (Fsp3) is 0.900. The molecule has 1 saturated carbocycles. The van der Waals surface area contributed by atoms with Crippen molar-refractivity contribution in [3.63, 3.8) is 0 Å². The van der Waals surface area contributed by atoms with Crippen LogP contribution in [0.1, 0.15) is 25.7 Å². The topological polar surface area (TPSA) is 71.1 Å². The Morgan fingerprint density at radius 2 is 2.27 bits per heavy atom. The van der Waals surface area contributed by atoms with Gasteiger partial charge in [0, 0.05) is 39.3 Å². The largest absolute Gasteiger partial charge is 0.409 e. The second kappa shape index (κ2) is 6.63. The predicted molar refractivity (Wildman–Crippen MR) is 59.1 cm³/mol. The van der Waals surface area contributed by atoms with Gasteiger partial charge in [0.2, 0.25) is 0 Å². The number of oxime groups is 1. The molecule has 1 rings (SSSR count). The van der Waals surface area contributed by atoms with E-state index in [2.05, 4.69) is 10.1 Å². The van der Waals surface area contributed by atoms with Gasteiger partial charge in [0.15, 0.2) is 0 Å². The number of rotatable bonds is 8. The summed E-state index contributed by atoms with van der Waals surface area (Å²) in [6.07, 6.45) is 4.25. The molecule has 0 unspecified atom stereocenters. The standard InChI is InChI=1S/C10H21N3O2/c1-15-8-2-6-13(9-3-4-9)7-5-10(11)12-14/h9,14H,2-8H2,1H3,(H2,11,12). The van der Waals surface area contributed by atoms with Crippen molar-refractivity contribution in [2.75, 3.05) is 26.8 Å². The van der Waals surface area contributed by atoms with Gasteiger partial charge >= 0.3 is 0 Å². The molecule has 1 aliphatic carbocycles. The van der Waals surface area contributed by atoms with Crippen LogP contribution < -0.4 is 5.73 Å². The highest BCUT2D eigenvalue weighted by Gasteiger charge is 2.28. The highest BCUT2D eigenvalue weighted by atomic mass is 16.5. The summed E-state index contributed by atoms with van der Waals surface area (Å²) < 4.78 is 5.02. The first-order valence-corrected chi connectivity index (χ1v) is 5.47. The van der Waals surface area contributed by atoms with Crippen molar-refractivity contribution in [3.8, 4) is 0 Å². The molecular weight excluding hydrogens is 194 g/mol. The number of methoxy groups -OCH3 is 1. The van der Waals surface area contributed by atoms with Crippen LogP contribution in [-0.4, -0.2) is 48.8 Å². The third-order valence-corrected chi connectivity index (χ3v) is 2.64. The lowest BCUT2D eigenvalue weighted by atomic mass is 10.3. The summed E-state index contributed by atoms with van der Waals surface area (Å²) in [5.41, 5.74) is 5.45. The molecule has 88 valence electrons. The third kappa shape index (κ3) is 4.99. The van der Waals surface area contributed by atoms with E-state index >= 15 is 0 Å². The Balaban J connectivity index is 2.18. The molecule has 0 spiro atoms. The van der Waals surface area contributed by atoms with Crippen molar-refractivity contribution in [1.82, 2.24) is 4.90 Å². The number of hydrogen-bond donors (Lipinski definition) is 2. The zero-order valence-corrected chi connectivity index (χ0v) is 9.35. The molecule has 0 aromatic heterocycles. The van der Waals surface area contributed by atoms with E-state index in [9.17, 15) is 0 Å². The number of amidine groups is 1. The number of hydrogen-bond acceptors (Lipinski definition) is 4. The molecule has 5 nitrogen and oxygen atoms in total. The van der Waals surface area contributed by atoms with Crippen LogP contribution in [0.5, 0.6) is 0 Å². The molecule has 0 atom stereocenters. The van der Waals surface area contributed by atoms with Gasteiger partial charge in [-0.15, -0.1) is 0 Å². The van der Waals surface area contributed by atoms with Crippen molar-refractivity contribution in [2.45, 2.75) is 31.7 Å². The molecule has 0 bridgehead atoms. The van der Waals surface area contributed by atoms with Crippen molar-refractivity contribution < 1.29 is 9.94 Å². The molecule has 5 heteroatoms. The lowest BCUT2D eigenvalue weighted by Crippen LogP contribution is -2.31. The fourth-order valence-corrected chi connectivity index (χ4v) is 1.64.